The first kappa shape index (κ1) is 27.6. The van der Waals surface area contributed by atoms with Gasteiger partial charge in [0.05, 0.1) is 22.5 Å². The van der Waals surface area contributed by atoms with Crippen LogP contribution in [0.15, 0.2) is 34.5 Å². The maximum atomic E-state index is 12.7. The van der Waals surface area contributed by atoms with Crippen molar-refractivity contribution < 1.29 is 9.59 Å². The second-order valence-corrected chi connectivity index (χ2v) is 10.2. The lowest BCUT2D eigenvalue weighted by molar-refractivity contribution is -0.117. The predicted octanol–water partition coefficient (Wildman–Crippen LogP) is 4.97. The Morgan fingerprint density at radius 2 is 1.62 bits per heavy atom. The fourth-order valence-corrected chi connectivity index (χ4v) is 4.50. The molecule has 0 heterocycles. The summed E-state index contributed by atoms with van der Waals surface area (Å²) in [6.45, 7) is 7.41. The van der Waals surface area contributed by atoms with Crippen LogP contribution in [0.1, 0.15) is 95.3 Å². The number of anilines is 1. The lowest BCUT2D eigenvalue weighted by atomic mass is 9.73. The normalized spacial score (nSPS) is 18.2. The molecule has 1 fully saturated rings. The van der Waals surface area contributed by atoms with Gasteiger partial charge in [0.25, 0.3) is 5.91 Å². The van der Waals surface area contributed by atoms with Gasteiger partial charge in [0, 0.05) is 24.4 Å². The number of amides is 1. The van der Waals surface area contributed by atoms with Gasteiger partial charge in [-0.2, -0.15) is 0 Å². The van der Waals surface area contributed by atoms with Crippen molar-refractivity contribution in [2.45, 2.75) is 85.0 Å². The van der Waals surface area contributed by atoms with Gasteiger partial charge in [-0.25, -0.2) is 0 Å². The highest BCUT2D eigenvalue weighted by Gasteiger charge is 2.35. The number of unbranched alkanes of at least 4 members (excludes halogenated alkanes) is 7. The quantitative estimate of drug-likeness (QED) is 0.239. The molecule has 0 aromatic heterocycles. The molecule has 1 aliphatic carbocycles. The molecular weight excluding hydrogens is 426 g/mol. The van der Waals surface area contributed by atoms with Crippen molar-refractivity contribution in [2.24, 2.45) is 27.6 Å². The number of primary amides is 1. The van der Waals surface area contributed by atoms with Gasteiger partial charge in [0.15, 0.2) is 5.78 Å². The Hall–Kier alpha value is -2.67. The van der Waals surface area contributed by atoms with Crippen molar-refractivity contribution in [2.75, 3.05) is 18.4 Å². The third kappa shape index (κ3) is 8.60. The minimum Gasteiger partial charge on any atom is -0.402 e. The molecule has 0 aliphatic heterocycles. The number of nitrogens with two attached hydrogens (primary N) is 3. The maximum absolute atomic E-state index is 12.7. The monoisotopic (exact) mass is 469 g/mol. The molecule has 0 radical (unpaired) electrons. The van der Waals surface area contributed by atoms with Crippen LogP contribution in [0.3, 0.4) is 0 Å². The summed E-state index contributed by atoms with van der Waals surface area (Å²) < 4.78 is 0. The van der Waals surface area contributed by atoms with Gasteiger partial charge in [0.1, 0.15) is 0 Å². The van der Waals surface area contributed by atoms with Gasteiger partial charge in [-0.15, -0.1) is 0 Å². The van der Waals surface area contributed by atoms with E-state index in [1.54, 1.807) is 19.1 Å². The lowest BCUT2D eigenvalue weighted by Crippen LogP contribution is -2.33. The molecule has 1 aromatic carbocycles. The van der Waals surface area contributed by atoms with Crippen molar-refractivity contribution in [3.8, 4) is 0 Å². The molecule has 0 atom stereocenters. The van der Waals surface area contributed by atoms with E-state index >= 15 is 0 Å². The Morgan fingerprint density at radius 3 is 2.21 bits per heavy atom. The second-order valence-electron chi connectivity index (χ2n) is 10.2. The summed E-state index contributed by atoms with van der Waals surface area (Å²) in [7, 11) is 0. The summed E-state index contributed by atoms with van der Waals surface area (Å²) in [5.41, 5.74) is 20.5. The predicted molar refractivity (Wildman–Crippen MR) is 141 cm³/mol. The molecular formula is C27H43N5O2. The smallest absolute Gasteiger partial charge is 0.250 e. The molecule has 34 heavy (non-hydrogen) atoms. The molecule has 7 N–H and O–H groups in total. The van der Waals surface area contributed by atoms with Crippen LogP contribution < -0.4 is 22.5 Å². The molecule has 0 spiro atoms. The molecule has 7 nitrogen and oxygen atoms in total. The number of nitrogens with one attached hydrogen (secondary N) is 1. The van der Waals surface area contributed by atoms with E-state index in [0.717, 1.165) is 32.4 Å². The fraction of sp³-hybridized carbons (Fsp3) is 0.593. The summed E-state index contributed by atoms with van der Waals surface area (Å²) in [5.74, 6) is -0.451. The number of rotatable bonds is 13. The maximum Gasteiger partial charge on any atom is 0.250 e. The summed E-state index contributed by atoms with van der Waals surface area (Å²) >= 11 is 0. The first-order chi connectivity index (χ1) is 16.1. The molecule has 2 rings (SSSR count). The number of hydrogen-bond acceptors (Lipinski definition) is 6. The summed E-state index contributed by atoms with van der Waals surface area (Å²) in [4.78, 5) is 29.4. The van der Waals surface area contributed by atoms with Crippen molar-refractivity contribution in [1.29, 1.82) is 0 Å². The van der Waals surface area contributed by atoms with E-state index < -0.39 is 5.91 Å². The van der Waals surface area contributed by atoms with Crippen molar-refractivity contribution >= 4 is 28.8 Å². The first-order valence-electron chi connectivity index (χ1n) is 12.6. The third-order valence-corrected chi connectivity index (χ3v) is 6.23. The zero-order chi connectivity index (χ0) is 25.1. The molecule has 1 saturated carbocycles. The van der Waals surface area contributed by atoms with E-state index in [-0.39, 0.29) is 11.2 Å². The summed E-state index contributed by atoms with van der Waals surface area (Å²) in [6.07, 6.45) is 10.6. The molecule has 7 heteroatoms. The van der Waals surface area contributed by atoms with Gasteiger partial charge >= 0.3 is 0 Å². The van der Waals surface area contributed by atoms with E-state index in [1.165, 1.54) is 32.1 Å². The minimum absolute atomic E-state index is 0.0292. The van der Waals surface area contributed by atoms with E-state index in [1.807, 2.05) is 6.07 Å². The standard InChI is InChI=1S/C27H43N5O2/c1-19(29)25-23(17-27(2,3)18-24(25)33)32-20-12-13-21(26(30)34)22(16-20)31-15-11-9-7-5-4-6-8-10-14-28/h12-13,16,31H,4-11,14-15,17-18,28-29H2,1-3H3,(H2,30,34). The van der Waals surface area contributed by atoms with E-state index in [2.05, 4.69) is 19.2 Å². The van der Waals surface area contributed by atoms with E-state index in [0.29, 0.717) is 46.8 Å². The number of allylic oxidation sites excluding steroid dienone is 2. The molecule has 1 aliphatic rings. The Bertz CT molecular complexity index is 914. The van der Waals surface area contributed by atoms with Gasteiger partial charge < -0.3 is 22.5 Å². The highest BCUT2D eigenvalue weighted by molar-refractivity contribution is 6.25. The molecule has 1 amide bonds. The number of aliphatic imine (C=N–C) groups is 1. The van der Waals surface area contributed by atoms with E-state index in [4.69, 9.17) is 22.2 Å². The number of carbonyl (C=O) groups excluding carboxylic acids is 2. The molecule has 0 bridgehead atoms. The number of ketones is 1. The van der Waals surface area contributed by atoms with Crippen molar-refractivity contribution in [3.63, 3.8) is 0 Å². The minimum atomic E-state index is -0.480. The van der Waals surface area contributed by atoms with Crippen LogP contribution in [0, 0.1) is 5.41 Å². The first-order valence-corrected chi connectivity index (χ1v) is 12.6. The van der Waals surface area contributed by atoms with Gasteiger partial charge in [-0.3, -0.25) is 14.6 Å². The summed E-state index contributed by atoms with van der Waals surface area (Å²) in [5, 5.41) is 3.36. The largest absolute Gasteiger partial charge is 0.402 e. The summed E-state index contributed by atoms with van der Waals surface area (Å²) in [6, 6.07) is 5.29. The zero-order valence-electron chi connectivity index (χ0n) is 21.2. The Morgan fingerprint density at radius 1 is 1.00 bits per heavy atom. The number of carbonyl (C=O) groups is 2. The number of Topliss-reactive ketones (excluding diaryl/α,β-unsaturated/α-hetero) is 1. The average Bonchev–Trinajstić information content (AvgIpc) is 2.73. The van der Waals surface area contributed by atoms with Crippen molar-refractivity contribution in [1.82, 2.24) is 0 Å². The van der Waals surface area contributed by atoms with Crippen LogP contribution in [0.2, 0.25) is 0 Å². The molecule has 1 aromatic rings. The van der Waals surface area contributed by atoms with Crippen LogP contribution in [-0.4, -0.2) is 30.5 Å². The Labute approximate surface area is 204 Å². The highest BCUT2D eigenvalue weighted by Crippen LogP contribution is 2.36. The van der Waals surface area contributed by atoms with Gasteiger partial charge in [-0.05, 0) is 56.3 Å². The van der Waals surface area contributed by atoms with Crippen molar-refractivity contribution in [3.05, 3.63) is 35.0 Å². The topological polar surface area (TPSA) is 137 Å². The number of nitrogens with zero attached hydrogens (tertiary/aromatic N) is 1. The fourth-order valence-electron chi connectivity index (χ4n) is 4.50. The second kappa shape index (κ2) is 13.3. The molecule has 188 valence electrons. The van der Waals surface area contributed by atoms with Gasteiger partial charge in [0.2, 0.25) is 0 Å². The number of hydrogen-bond donors (Lipinski definition) is 4. The van der Waals surface area contributed by atoms with Crippen LogP contribution in [0.5, 0.6) is 0 Å². The van der Waals surface area contributed by atoms with Crippen LogP contribution >= 0.6 is 0 Å². The Balaban J connectivity index is 2.04. The average molecular weight is 470 g/mol. The molecule has 0 unspecified atom stereocenters. The van der Waals surface area contributed by atoms with Crippen LogP contribution in [0.4, 0.5) is 11.4 Å². The Kier molecular flexibility index (Phi) is 10.8. The third-order valence-electron chi connectivity index (χ3n) is 6.23. The zero-order valence-corrected chi connectivity index (χ0v) is 21.2. The van der Waals surface area contributed by atoms with Crippen LogP contribution in [-0.2, 0) is 4.79 Å². The van der Waals surface area contributed by atoms with Crippen LogP contribution in [0.25, 0.3) is 0 Å². The SMILES string of the molecule is CC(N)=C1C(=O)CC(C)(C)CC1=Nc1ccc(C(N)=O)c(NCCCCCCCCCCN)c1. The molecule has 0 saturated heterocycles. The van der Waals surface area contributed by atoms with Gasteiger partial charge in [-0.1, -0.05) is 52.4 Å². The lowest BCUT2D eigenvalue weighted by Gasteiger charge is -2.31. The highest BCUT2D eigenvalue weighted by atomic mass is 16.1. The number of benzene rings is 1. The van der Waals surface area contributed by atoms with E-state index in [9.17, 15) is 9.59 Å².